The maximum atomic E-state index is 12.4. The summed E-state index contributed by atoms with van der Waals surface area (Å²) < 4.78 is 5.39. The average Bonchev–Trinajstić information content (AvgIpc) is 2.63. The third-order valence-corrected chi connectivity index (χ3v) is 4.24. The lowest BCUT2D eigenvalue weighted by Gasteiger charge is -2.36. The first kappa shape index (κ1) is 15.9. The molecule has 5 heteroatoms. The van der Waals surface area contributed by atoms with Crippen molar-refractivity contribution in [2.24, 2.45) is 0 Å². The van der Waals surface area contributed by atoms with E-state index in [4.69, 9.17) is 4.74 Å². The van der Waals surface area contributed by atoms with Crippen LogP contribution in [0.5, 0.6) is 5.75 Å². The number of hydrogen-bond donors (Lipinski definition) is 0. The molecule has 1 aliphatic rings. The Kier molecular flexibility index (Phi) is 5.18. The lowest BCUT2D eigenvalue weighted by Crippen LogP contribution is -2.48. The lowest BCUT2D eigenvalue weighted by molar-refractivity contribution is 0.0747. The molecule has 23 heavy (non-hydrogen) atoms. The number of amides is 1. The fraction of sp³-hybridized carbons (Fsp3) is 0.278. The predicted molar refractivity (Wildman–Crippen MR) is 95.4 cm³/mol. The molecular formula is C18H19BrN2O2. The quantitative estimate of drug-likeness (QED) is 0.769. The molecule has 120 valence electrons. The predicted octanol–water partition coefficient (Wildman–Crippen LogP) is 3.38. The van der Waals surface area contributed by atoms with Gasteiger partial charge in [0.1, 0.15) is 11.3 Å². The Labute approximate surface area is 144 Å². The van der Waals surface area contributed by atoms with E-state index in [1.165, 1.54) is 5.69 Å². The van der Waals surface area contributed by atoms with Gasteiger partial charge in [0.25, 0.3) is 5.91 Å². The minimum absolute atomic E-state index is 0.117. The molecule has 1 heterocycles. The number of alkyl halides is 1. The van der Waals surface area contributed by atoms with Crippen LogP contribution in [-0.4, -0.2) is 42.5 Å². The number of hydrogen-bond acceptors (Lipinski definition) is 3. The summed E-state index contributed by atoms with van der Waals surface area (Å²) in [6.07, 6.45) is 0. The largest absolute Gasteiger partial charge is 0.482 e. The number of nitrogens with zero attached hydrogens (tertiary/aromatic N) is 2. The number of carbonyl (C=O) groups excluding carboxylic acids is 1. The summed E-state index contributed by atoms with van der Waals surface area (Å²) in [6.45, 7) is 3.18. The molecule has 0 atom stereocenters. The highest BCUT2D eigenvalue weighted by molar-refractivity contribution is 9.09. The molecular weight excluding hydrogens is 356 g/mol. The van der Waals surface area contributed by atoms with Crippen LogP contribution < -0.4 is 9.64 Å². The van der Waals surface area contributed by atoms with Crippen molar-refractivity contribution in [1.82, 2.24) is 4.90 Å². The van der Waals surface area contributed by atoms with Crippen LogP contribution in [0.4, 0.5) is 5.69 Å². The van der Waals surface area contributed by atoms with E-state index in [-0.39, 0.29) is 5.91 Å². The van der Waals surface area contributed by atoms with Crippen LogP contribution in [-0.2, 0) is 0 Å². The molecule has 3 rings (SSSR count). The van der Waals surface area contributed by atoms with Gasteiger partial charge in [0.2, 0.25) is 0 Å². The van der Waals surface area contributed by atoms with Gasteiger partial charge >= 0.3 is 0 Å². The number of anilines is 1. The molecule has 0 bridgehead atoms. The molecule has 0 spiro atoms. The van der Waals surface area contributed by atoms with Crippen LogP contribution in [0.3, 0.4) is 0 Å². The molecule has 4 nitrogen and oxygen atoms in total. The number of carbonyl (C=O) groups is 1. The maximum absolute atomic E-state index is 12.4. The Morgan fingerprint density at radius 1 is 0.957 bits per heavy atom. The average molecular weight is 375 g/mol. The first-order valence-corrected chi connectivity index (χ1v) is 8.78. The zero-order chi connectivity index (χ0) is 16.1. The van der Waals surface area contributed by atoms with Gasteiger partial charge < -0.3 is 14.5 Å². The number of halogens is 1. The molecule has 1 saturated heterocycles. The van der Waals surface area contributed by atoms with Gasteiger partial charge in [-0.2, -0.15) is 0 Å². The summed E-state index contributed by atoms with van der Waals surface area (Å²) in [5, 5.41) is 0. The van der Waals surface area contributed by atoms with Crippen LogP contribution in [0.2, 0.25) is 0 Å². The molecule has 0 radical (unpaired) electrons. The first-order chi connectivity index (χ1) is 11.3. The van der Waals surface area contributed by atoms with E-state index < -0.39 is 0 Å². The monoisotopic (exact) mass is 374 g/mol. The summed E-state index contributed by atoms with van der Waals surface area (Å²) in [7, 11) is 0. The van der Waals surface area contributed by atoms with Gasteiger partial charge in [0.05, 0.1) is 0 Å². The van der Waals surface area contributed by atoms with Gasteiger partial charge in [0.15, 0.2) is 0 Å². The Balaban J connectivity index is 1.59. The van der Waals surface area contributed by atoms with Crippen molar-refractivity contribution in [2.45, 2.75) is 0 Å². The van der Waals surface area contributed by atoms with Gasteiger partial charge in [-0.05, 0) is 52.3 Å². The van der Waals surface area contributed by atoms with Gasteiger partial charge in [-0.3, -0.25) is 4.79 Å². The van der Waals surface area contributed by atoms with Crippen molar-refractivity contribution in [2.75, 3.05) is 36.6 Å². The second-order valence-electron chi connectivity index (χ2n) is 5.39. The van der Waals surface area contributed by atoms with E-state index in [0.29, 0.717) is 5.52 Å². The Hall–Kier alpha value is -2.01. The lowest BCUT2D eigenvalue weighted by atomic mass is 10.1. The van der Waals surface area contributed by atoms with Crippen LogP contribution in [0.25, 0.3) is 0 Å². The van der Waals surface area contributed by atoms with E-state index in [1.54, 1.807) is 0 Å². The molecule has 2 aromatic rings. The van der Waals surface area contributed by atoms with E-state index >= 15 is 0 Å². The topological polar surface area (TPSA) is 32.8 Å². The van der Waals surface area contributed by atoms with E-state index in [0.717, 1.165) is 37.5 Å². The van der Waals surface area contributed by atoms with Crippen molar-refractivity contribution in [3.8, 4) is 5.75 Å². The molecule has 0 unspecified atom stereocenters. The fourth-order valence-electron chi connectivity index (χ4n) is 2.75. The zero-order valence-electron chi connectivity index (χ0n) is 12.8. The molecule has 1 fully saturated rings. The van der Waals surface area contributed by atoms with E-state index in [9.17, 15) is 4.79 Å². The van der Waals surface area contributed by atoms with Gasteiger partial charge in [-0.25, -0.2) is 0 Å². The minimum atomic E-state index is 0.117. The molecule has 0 N–H and O–H groups in total. The smallest absolute Gasteiger partial charge is 0.253 e. The Bertz CT molecular complexity index is 638. The normalized spacial score (nSPS) is 14.7. The second-order valence-corrected chi connectivity index (χ2v) is 5.85. The number of piperazine rings is 1. The maximum Gasteiger partial charge on any atom is 0.253 e. The third-order valence-electron chi connectivity index (χ3n) is 4.01. The van der Waals surface area contributed by atoms with Crippen LogP contribution in [0.15, 0.2) is 54.6 Å². The Morgan fingerprint density at radius 2 is 1.61 bits per heavy atom. The molecule has 0 aromatic heterocycles. The summed E-state index contributed by atoms with van der Waals surface area (Å²) in [4.78, 5) is 16.7. The van der Waals surface area contributed by atoms with Crippen LogP contribution in [0.1, 0.15) is 10.4 Å². The van der Waals surface area contributed by atoms with Crippen molar-refractivity contribution >= 4 is 27.5 Å². The van der Waals surface area contributed by atoms with Crippen molar-refractivity contribution in [3.63, 3.8) is 0 Å². The van der Waals surface area contributed by atoms with Crippen LogP contribution >= 0.6 is 15.9 Å². The van der Waals surface area contributed by atoms with Crippen LogP contribution in [0, 0.1) is 0 Å². The van der Waals surface area contributed by atoms with E-state index in [1.807, 2.05) is 47.4 Å². The van der Waals surface area contributed by atoms with Gasteiger partial charge in [0, 0.05) is 37.4 Å². The molecule has 1 amide bonds. The van der Waals surface area contributed by atoms with Crippen molar-refractivity contribution < 1.29 is 9.53 Å². The highest BCUT2D eigenvalue weighted by Crippen LogP contribution is 2.21. The van der Waals surface area contributed by atoms with Gasteiger partial charge in [-0.1, -0.05) is 18.2 Å². The molecule has 0 saturated carbocycles. The molecule has 1 aliphatic heterocycles. The minimum Gasteiger partial charge on any atom is -0.482 e. The summed E-state index contributed by atoms with van der Waals surface area (Å²) in [5.41, 5.74) is 2.42. The Morgan fingerprint density at radius 3 is 2.22 bits per heavy atom. The number of rotatable bonds is 4. The SMILES string of the molecule is O=C(c1ccccc1)N1CCN(c2ccc(OCBr)cc2)CC1. The molecule has 0 aliphatic carbocycles. The third kappa shape index (κ3) is 3.85. The number of ether oxygens (including phenoxy) is 1. The van der Waals surface area contributed by atoms with Crippen molar-refractivity contribution in [3.05, 3.63) is 60.2 Å². The summed E-state index contributed by atoms with van der Waals surface area (Å²) >= 11 is 3.25. The summed E-state index contributed by atoms with van der Waals surface area (Å²) in [5.74, 6) is 0.967. The fourth-order valence-corrected chi connectivity index (χ4v) is 3.01. The standard InChI is InChI=1S/C18H19BrN2O2/c19-14-23-17-8-6-16(7-9-17)20-10-12-21(13-11-20)18(22)15-4-2-1-3-5-15/h1-9H,10-14H2. The van der Waals surface area contributed by atoms with Crippen molar-refractivity contribution in [1.29, 1.82) is 0 Å². The highest BCUT2D eigenvalue weighted by Gasteiger charge is 2.22. The first-order valence-electron chi connectivity index (χ1n) is 7.66. The summed E-state index contributed by atoms with van der Waals surface area (Å²) in [6, 6.07) is 17.5. The molecule has 2 aromatic carbocycles. The highest BCUT2D eigenvalue weighted by atomic mass is 79.9. The number of benzene rings is 2. The van der Waals surface area contributed by atoms with Gasteiger partial charge in [-0.15, -0.1) is 0 Å². The van der Waals surface area contributed by atoms with E-state index in [2.05, 4.69) is 33.0 Å². The second kappa shape index (κ2) is 7.51. The zero-order valence-corrected chi connectivity index (χ0v) is 14.4.